The van der Waals surface area contributed by atoms with Gasteiger partial charge in [-0.2, -0.15) is 15.0 Å². The Bertz CT molecular complexity index is 1360. The molecule has 0 aliphatic heterocycles. The zero-order chi connectivity index (χ0) is 21.2. The van der Waals surface area contributed by atoms with Crippen molar-refractivity contribution in [2.75, 3.05) is 0 Å². The van der Waals surface area contributed by atoms with Gasteiger partial charge in [0.25, 0.3) is 0 Å². The third-order valence-corrected chi connectivity index (χ3v) is 5.13. The van der Waals surface area contributed by atoms with Crippen LogP contribution in [0.1, 0.15) is 17.0 Å². The van der Waals surface area contributed by atoms with E-state index in [1.807, 2.05) is 45.8 Å². The van der Waals surface area contributed by atoms with Crippen molar-refractivity contribution in [2.45, 2.75) is 20.0 Å². The molecule has 0 amide bonds. The first-order chi connectivity index (χ1) is 15.2. The van der Waals surface area contributed by atoms with Gasteiger partial charge in [-0.1, -0.05) is 60.2 Å². The maximum Gasteiger partial charge on any atom is 0.204 e. The predicted molar refractivity (Wildman–Crippen MR) is 117 cm³/mol. The van der Waals surface area contributed by atoms with Crippen LogP contribution in [0.25, 0.3) is 17.1 Å². The fourth-order valence-electron chi connectivity index (χ4n) is 3.28. The molecule has 9 nitrogen and oxygen atoms in total. The Morgan fingerprint density at radius 2 is 1.81 bits per heavy atom. The molecule has 0 aliphatic rings. The van der Waals surface area contributed by atoms with Crippen molar-refractivity contribution in [3.63, 3.8) is 0 Å². The number of hydrogen-bond acceptors (Lipinski definition) is 6. The van der Waals surface area contributed by atoms with Crippen LogP contribution in [-0.4, -0.2) is 44.8 Å². The summed E-state index contributed by atoms with van der Waals surface area (Å²) in [4.78, 5) is 1.50. The molecule has 10 heteroatoms. The van der Waals surface area contributed by atoms with Crippen LogP contribution < -0.4 is 0 Å². The molecule has 31 heavy (non-hydrogen) atoms. The van der Waals surface area contributed by atoms with Crippen LogP contribution in [0, 0.1) is 11.7 Å². The molecule has 0 fully saturated rings. The second-order valence-corrected chi connectivity index (χ2v) is 7.56. The molecule has 154 valence electrons. The summed E-state index contributed by atoms with van der Waals surface area (Å²) in [5.41, 5.74) is 4.14. The Morgan fingerprint density at radius 3 is 2.61 bits per heavy atom. The van der Waals surface area contributed by atoms with E-state index in [0.717, 1.165) is 11.3 Å². The second kappa shape index (κ2) is 8.07. The summed E-state index contributed by atoms with van der Waals surface area (Å²) in [5.74, 6) is 1.23. The largest absolute Gasteiger partial charge is 0.267 e. The summed E-state index contributed by atoms with van der Waals surface area (Å²) in [6.45, 7) is 3.06. The average Bonchev–Trinajstić information content (AvgIpc) is 3.52. The summed E-state index contributed by atoms with van der Waals surface area (Å²) < 4.78 is 4.19. The van der Waals surface area contributed by atoms with Crippen LogP contribution in [0.4, 0.5) is 0 Å². The highest BCUT2D eigenvalue weighted by Gasteiger charge is 2.14. The van der Waals surface area contributed by atoms with Crippen LogP contribution >= 0.6 is 12.2 Å². The van der Waals surface area contributed by atoms with Gasteiger partial charge in [0.05, 0.1) is 18.4 Å². The standard InChI is InChI=1S/C21H19N9S/c1-15-7-9-16(10-8-15)12-28-13-18(11-22-28)30-19(23-25-21(30)31)14-29-26-20(24-27-29)17-5-3-2-4-6-17/h2-11,13H,12,14H2,1H3,(H,25,31). The minimum absolute atomic E-state index is 0.316. The topological polar surface area (TPSA) is 95.0 Å². The van der Waals surface area contributed by atoms with Gasteiger partial charge in [0, 0.05) is 11.8 Å². The quantitative estimate of drug-likeness (QED) is 0.417. The Morgan fingerprint density at radius 1 is 1.00 bits per heavy atom. The SMILES string of the molecule is Cc1ccc(Cn2cc(-n3c(Cn4nnc(-c5ccccc5)n4)n[nH]c3=S)cn2)cc1. The number of H-pyrrole nitrogens is 1. The van der Waals surface area contributed by atoms with E-state index in [2.05, 4.69) is 61.9 Å². The van der Waals surface area contributed by atoms with Gasteiger partial charge in [-0.25, -0.2) is 0 Å². The van der Waals surface area contributed by atoms with E-state index >= 15 is 0 Å². The molecule has 0 saturated heterocycles. The predicted octanol–water partition coefficient (Wildman–Crippen LogP) is 3.18. The second-order valence-electron chi connectivity index (χ2n) is 7.17. The molecule has 3 heterocycles. The fourth-order valence-corrected chi connectivity index (χ4v) is 3.53. The molecule has 1 N–H and O–H groups in total. The summed E-state index contributed by atoms with van der Waals surface area (Å²) in [7, 11) is 0. The van der Waals surface area contributed by atoms with Crippen molar-refractivity contribution in [2.24, 2.45) is 0 Å². The highest BCUT2D eigenvalue weighted by molar-refractivity contribution is 7.71. The van der Waals surface area contributed by atoms with Crippen molar-refractivity contribution in [1.29, 1.82) is 0 Å². The van der Waals surface area contributed by atoms with Crippen LogP contribution in [0.2, 0.25) is 0 Å². The molecule has 0 radical (unpaired) electrons. The molecule has 0 unspecified atom stereocenters. The van der Waals surface area contributed by atoms with Gasteiger partial charge in [-0.15, -0.1) is 10.2 Å². The lowest BCUT2D eigenvalue weighted by atomic mass is 10.1. The number of aromatic nitrogens is 9. The molecule has 0 bridgehead atoms. The number of aromatic amines is 1. The zero-order valence-corrected chi connectivity index (χ0v) is 17.6. The highest BCUT2D eigenvalue weighted by atomic mass is 32.1. The van der Waals surface area contributed by atoms with E-state index < -0.39 is 0 Å². The molecule has 2 aromatic carbocycles. The molecule has 3 aromatic heterocycles. The zero-order valence-electron chi connectivity index (χ0n) is 16.8. The first-order valence-corrected chi connectivity index (χ1v) is 10.1. The Hall–Kier alpha value is -3.92. The Balaban J connectivity index is 1.38. The van der Waals surface area contributed by atoms with Gasteiger partial charge in [0.2, 0.25) is 5.82 Å². The number of aryl methyl sites for hydroxylation is 1. The number of nitrogens with one attached hydrogen (secondary N) is 1. The average molecular weight is 430 g/mol. The van der Waals surface area contributed by atoms with Gasteiger partial charge in [0.1, 0.15) is 6.54 Å². The summed E-state index contributed by atoms with van der Waals surface area (Å²) in [6, 6.07) is 18.1. The van der Waals surface area contributed by atoms with E-state index in [1.54, 1.807) is 6.20 Å². The molecule has 0 atom stereocenters. The van der Waals surface area contributed by atoms with Crippen molar-refractivity contribution in [3.8, 4) is 17.1 Å². The van der Waals surface area contributed by atoms with E-state index in [0.29, 0.717) is 29.5 Å². The fraction of sp³-hybridized carbons (Fsp3) is 0.143. The van der Waals surface area contributed by atoms with Crippen molar-refractivity contribution in [1.82, 2.24) is 44.8 Å². The van der Waals surface area contributed by atoms with Crippen molar-refractivity contribution >= 4 is 12.2 Å². The first kappa shape index (κ1) is 19.1. The van der Waals surface area contributed by atoms with E-state index in [-0.39, 0.29) is 0 Å². The van der Waals surface area contributed by atoms with E-state index in [9.17, 15) is 0 Å². The molecule has 0 spiro atoms. The van der Waals surface area contributed by atoms with Crippen LogP contribution in [-0.2, 0) is 13.1 Å². The van der Waals surface area contributed by atoms with Gasteiger partial charge >= 0.3 is 0 Å². The number of rotatable bonds is 6. The minimum atomic E-state index is 0.316. The van der Waals surface area contributed by atoms with Gasteiger partial charge in [-0.3, -0.25) is 14.3 Å². The number of benzene rings is 2. The van der Waals surface area contributed by atoms with Crippen LogP contribution in [0.3, 0.4) is 0 Å². The summed E-state index contributed by atoms with van der Waals surface area (Å²) in [6.07, 6.45) is 3.71. The molecule has 0 aliphatic carbocycles. The van der Waals surface area contributed by atoms with Crippen LogP contribution in [0.5, 0.6) is 0 Å². The molecule has 5 aromatic rings. The maximum absolute atomic E-state index is 5.45. The minimum Gasteiger partial charge on any atom is -0.267 e. The normalized spacial score (nSPS) is 11.1. The molecule has 5 rings (SSSR count). The lowest BCUT2D eigenvalue weighted by Crippen LogP contribution is -2.10. The molecule has 0 saturated carbocycles. The third kappa shape index (κ3) is 4.05. The lowest BCUT2D eigenvalue weighted by molar-refractivity contribution is 0.548. The van der Waals surface area contributed by atoms with Gasteiger partial charge in [0.15, 0.2) is 10.6 Å². The molecular weight excluding hydrogens is 410 g/mol. The maximum atomic E-state index is 5.45. The number of tetrazole rings is 1. The third-order valence-electron chi connectivity index (χ3n) is 4.85. The highest BCUT2D eigenvalue weighted by Crippen LogP contribution is 2.15. The first-order valence-electron chi connectivity index (χ1n) is 9.73. The van der Waals surface area contributed by atoms with Crippen molar-refractivity contribution in [3.05, 3.63) is 88.7 Å². The number of hydrogen-bond donors (Lipinski definition) is 1. The van der Waals surface area contributed by atoms with Gasteiger partial charge in [-0.05, 0) is 29.9 Å². The summed E-state index contributed by atoms with van der Waals surface area (Å²) in [5, 5.41) is 24.4. The lowest BCUT2D eigenvalue weighted by Gasteiger charge is -2.04. The van der Waals surface area contributed by atoms with Crippen molar-refractivity contribution < 1.29 is 0 Å². The van der Waals surface area contributed by atoms with Crippen LogP contribution in [0.15, 0.2) is 67.0 Å². The Labute approximate surface area is 183 Å². The van der Waals surface area contributed by atoms with Gasteiger partial charge < -0.3 is 0 Å². The number of nitrogens with zero attached hydrogens (tertiary/aromatic N) is 8. The monoisotopic (exact) mass is 429 g/mol. The van der Waals surface area contributed by atoms with E-state index in [4.69, 9.17) is 12.2 Å². The smallest absolute Gasteiger partial charge is 0.204 e. The summed E-state index contributed by atoms with van der Waals surface area (Å²) >= 11 is 5.45. The molecular formula is C21H19N9S. The van der Waals surface area contributed by atoms with E-state index in [1.165, 1.54) is 15.9 Å². The Kier molecular flexibility index (Phi) is 4.97.